The van der Waals surface area contributed by atoms with Gasteiger partial charge in [-0.25, -0.2) is 4.98 Å². The van der Waals surface area contributed by atoms with Crippen LogP contribution in [-0.2, 0) is 13.1 Å². The van der Waals surface area contributed by atoms with E-state index in [1.807, 2.05) is 12.3 Å². The predicted molar refractivity (Wildman–Crippen MR) is 113 cm³/mol. The van der Waals surface area contributed by atoms with Gasteiger partial charge in [0.1, 0.15) is 0 Å². The molecule has 0 aliphatic carbocycles. The van der Waals surface area contributed by atoms with E-state index in [0.717, 1.165) is 18.9 Å². The van der Waals surface area contributed by atoms with E-state index < -0.39 is 0 Å². The summed E-state index contributed by atoms with van der Waals surface area (Å²) >= 11 is 0. The van der Waals surface area contributed by atoms with Crippen LogP contribution in [0, 0.1) is 20.8 Å². The maximum absolute atomic E-state index is 4.66. The van der Waals surface area contributed by atoms with E-state index in [2.05, 4.69) is 90.2 Å². The molecule has 0 aliphatic heterocycles. The lowest BCUT2D eigenvalue weighted by Gasteiger charge is -2.13. The van der Waals surface area contributed by atoms with Crippen LogP contribution >= 0.6 is 0 Å². The van der Waals surface area contributed by atoms with Gasteiger partial charge in [0.15, 0.2) is 5.82 Å². The number of nitrogens with zero attached hydrogens (tertiary/aromatic N) is 2. The van der Waals surface area contributed by atoms with Crippen molar-refractivity contribution in [3.05, 3.63) is 94.8 Å². The summed E-state index contributed by atoms with van der Waals surface area (Å²) in [5.41, 5.74) is 7.66. The van der Waals surface area contributed by atoms with Gasteiger partial charge in [-0.15, -0.1) is 0 Å². The summed E-state index contributed by atoms with van der Waals surface area (Å²) in [6.07, 6.45) is 1.90. The molecule has 0 amide bonds. The van der Waals surface area contributed by atoms with E-state index in [4.69, 9.17) is 0 Å². The number of pyridine rings is 1. The molecule has 0 aliphatic rings. The maximum atomic E-state index is 4.66. The van der Waals surface area contributed by atoms with Crippen LogP contribution in [0.5, 0.6) is 0 Å². The van der Waals surface area contributed by atoms with Crippen LogP contribution in [0.15, 0.2) is 66.9 Å². The molecule has 2 aromatic heterocycles. The van der Waals surface area contributed by atoms with E-state index in [1.54, 1.807) is 0 Å². The number of fused-ring (bicyclic) bond motifs is 1. The maximum Gasteiger partial charge on any atom is 0.150 e. The molecule has 4 aromatic rings. The molecule has 0 unspecified atom stereocenters. The lowest BCUT2D eigenvalue weighted by Crippen LogP contribution is -2.07. The van der Waals surface area contributed by atoms with E-state index in [-0.39, 0.29) is 0 Å². The minimum absolute atomic E-state index is 0.765. The van der Waals surface area contributed by atoms with Crippen LogP contribution in [0.1, 0.15) is 27.9 Å². The summed E-state index contributed by atoms with van der Waals surface area (Å²) < 4.78 is 2.39. The van der Waals surface area contributed by atoms with Gasteiger partial charge >= 0.3 is 0 Å². The highest BCUT2D eigenvalue weighted by Gasteiger charge is 2.15. The first-order chi connectivity index (χ1) is 13.1. The highest BCUT2D eigenvalue weighted by Crippen LogP contribution is 2.30. The number of anilines is 1. The van der Waals surface area contributed by atoms with E-state index in [9.17, 15) is 0 Å². The fourth-order valence-corrected chi connectivity index (χ4v) is 3.70. The summed E-state index contributed by atoms with van der Waals surface area (Å²) in [6, 6.07) is 21.3. The van der Waals surface area contributed by atoms with Gasteiger partial charge in [-0.05, 0) is 43.5 Å². The van der Waals surface area contributed by atoms with Crippen molar-refractivity contribution < 1.29 is 0 Å². The SMILES string of the molecule is Cc1cccc(Cn2c(C)c(C)c3ccnc(NCc4ccccc4)c32)c1. The zero-order valence-electron chi connectivity index (χ0n) is 16.2. The fraction of sp³-hybridized carbons (Fsp3) is 0.208. The Morgan fingerprint density at radius 1 is 0.889 bits per heavy atom. The van der Waals surface area contributed by atoms with Crippen molar-refractivity contribution in [1.82, 2.24) is 9.55 Å². The molecular weight excluding hydrogens is 330 g/mol. The molecule has 0 saturated heterocycles. The molecule has 2 heterocycles. The summed E-state index contributed by atoms with van der Waals surface area (Å²) in [5.74, 6) is 0.945. The second-order valence-corrected chi connectivity index (χ2v) is 7.18. The minimum atomic E-state index is 0.765. The van der Waals surface area contributed by atoms with Gasteiger partial charge in [-0.1, -0.05) is 60.2 Å². The van der Waals surface area contributed by atoms with Crippen LogP contribution in [0.2, 0.25) is 0 Å². The van der Waals surface area contributed by atoms with Gasteiger partial charge in [0, 0.05) is 30.4 Å². The second-order valence-electron chi connectivity index (χ2n) is 7.18. The molecule has 2 aromatic carbocycles. The average molecular weight is 355 g/mol. The topological polar surface area (TPSA) is 29.9 Å². The number of nitrogens with one attached hydrogen (secondary N) is 1. The zero-order valence-corrected chi connectivity index (χ0v) is 16.2. The molecule has 0 fully saturated rings. The van der Waals surface area contributed by atoms with Gasteiger partial charge in [0.25, 0.3) is 0 Å². The third-order valence-corrected chi connectivity index (χ3v) is 5.27. The standard InChI is InChI=1S/C24H25N3/c1-17-8-7-11-21(14-17)16-27-19(3)18(2)22-12-13-25-24(23(22)27)26-15-20-9-5-4-6-10-20/h4-14H,15-16H2,1-3H3,(H,25,26). The normalized spacial score (nSPS) is 11.1. The molecule has 3 heteroatoms. The van der Waals surface area contributed by atoms with Crippen LogP contribution < -0.4 is 5.32 Å². The first kappa shape index (κ1) is 17.3. The van der Waals surface area contributed by atoms with E-state index >= 15 is 0 Å². The van der Waals surface area contributed by atoms with E-state index in [0.29, 0.717) is 0 Å². The Hall–Kier alpha value is -3.07. The second kappa shape index (κ2) is 7.28. The van der Waals surface area contributed by atoms with Gasteiger partial charge in [-0.2, -0.15) is 0 Å². The quantitative estimate of drug-likeness (QED) is 0.503. The third kappa shape index (κ3) is 3.45. The Bertz CT molecular complexity index is 1080. The van der Waals surface area contributed by atoms with Gasteiger partial charge in [0.2, 0.25) is 0 Å². The molecule has 0 spiro atoms. The van der Waals surface area contributed by atoms with Crippen molar-refractivity contribution in [2.24, 2.45) is 0 Å². The number of benzene rings is 2. The molecule has 3 nitrogen and oxygen atoms in total. The molecule has 27 heavy (non-hydrogen) atoms. The Morgan fingerprint density at radius 2 is 1.67 bits per heavy atom. The first-order valence-corrected chi connectivity index (χ1v) is 9.41. The Labute approximate surface area is 160 Å². The van der Waals surface area contributed by atoms with Crippen LogP contribution in [0.25, 0.3) is 10.9 Å². The highest BCUT2D eigenvalue weighted by atomic mass is 15.1. The van der Waals surface area contributed by atoms with Crippen LogP contribution in [0.4, 0.5) is 5.82 Å². The Balaban J connectivity index is 1.75. The van der Waals surface area contributed by atoms with Gasteiger partial charge in [-0.3, -0.25) is 0 Å². The molecule has 0 bridgehead atoms. The Morgan fingerprint density at radius 3 is 2.44 bits per heavy atom. The Kier molecular flexibility index (Phi) is 4.68. The third-order valence-electron chi connectivity index (χ3n) is 5.27. The summed E-state index contributed by atoms with van der Waals surface area (Å²) in [7, 11) is 0. The number of hydrogen-bond acceptors (Lipinski definition) is 2. The van der Waals surface area contributed by atoms with Crippen molar-refractivity contribution >= 4 is 16.7 Å². The van der Waals surface area contributed by atoms with Crippen molar-refractivity contribution in [3.63, 3.8) is 0 Å². The number of rotatable bonds is 5. The van der Waals surface area contributed by atoms with Crippen LogP contribution in [0.3, 0.4) is 0 Å². The molecule has 0 saturated carbocycles. The molecule has 0 atom stereocenters. The molecule has 136 valence electrons. The summed E-state index contributed by atoms with van der Waals surface area (Å²) in [6.45, 7) is 8.16. The van der Waals surface area contributed by atoms with E-state index in [1.165, 1.54) is 38.9 Å². The van der Waals surface area contributed by atoms with Crippen molar-refractivity contribution in [2.75, 3.05) is 5.32 Å². The summed E-state index contributed by atoms with van der Waals surface area (Å²) in [5, 5.41) is 4.82. The van der Waals surface area contributed by atoms with Crippen molar-refractivity contribution in [2.45, 2.75) is 33.9 Å². The van der Waals surface area contributed by atoms with Crippen LogP contribution in [-0.4, -0.2) is 9.55 Å². The monoisotopic (exact) mass is 355 g/mol. The largest absolute Gasteiger partial charge is 0.364 e. The molecule has 1 N–H and O–H groups in total. The molecular formula is C24H25N3. The molecule has 0 radical (unpaired) electrons. The molecule has 4 rings (SSSR count). The zero-order chi connectivity index (χ0) is 18.8. The van der Waals surface area contributed by atoms with Gasteiger partial charge < -0.3 is 9.88 Å². The number of hydrogen-bond donors (Lipinski definition) is 1. The lowest BCUT2D eigenvalue weighted by molar-refractivity contribution is 0.798. The average Bonchev–Trinajstić information content (AvgIpc) is 2.93. The summed E-state index contributed by atoms with van der Waals surface area (Å²) in [4.78, 5) is 4.66. The highest BCUT2D eigenvalue weighted by molar-refractivity contribution is 5.93. The van der Waals surface area contributed by atoms with Crippen molar-refractivity contribution in [3.8, 4) is 0 Å². The lowest BCUT2D eigenvalue weighted by atomic mass is 10.1. The minimum Gasteiger partial charge on any atom is -0.364 e. The predicted octanol–water partition coefficient (Wildman–Crippen LogP) is 5.62. The smallest absolute Gasteiger partial charge is 0.150 e. The number of aromatic nitrogens is 2. The fourth-order valence-electron chi connectivity index (χ4n) is 3.70. The van der Waals surface area contributed by atoms with Gasteiger partial charge in [0.05, 0.1) is 5.52 Å². The van der Waals surface area contributed by atoms with Crippen molar-refractivity contribution in [1.29, 1.82) is 0 Å². The first-order valence-electron chi connectivity index (χ1n) is 9.41. The number of aryl methyl sites for hydroxylation is 2.